The zero-order chi connectivity index (χ0) is 32.5. The number of phosphoric ester groups is 1. The maximum Gasteiger partial charge on any atom is 0.525 e. The zero-order valence-electron chi connectivity index (χ0n) is 24.8. The average Bonchev–Trinajstić information content (AvgIpc) is 3.64. The number of ether oxygens (including phenoxy) is 9. The molecule has 5 aliphatic rings. The van der Waals surface area contributed by atoms with Crippen LogP contribution in [0.25, 0.3) is 0 Å². The summed E-state index contributed by atoms with van der Waals surface area (Å²) in [6.45, 7) is 1.72. The van der Waals surface area contributed by atoms with Crippen molar-refractivity contribution in [3.63, 3.8) is 0 Å². The first-order valence-electron chi connectivity index (χ1n) is 14.5. The Morgan fingerprint density at radius 3 is 2.22 bits per heavy atom. The maximum atomic E-state index is 13.5. The largest absolute Gasteiger partial charge is 0.525 e. The average molecular weight is 669 g/mol. The van der Waals surface area contributed by atoms with Crippen LogP contribution in [0.3, 0.4) is 0 Å². The van der Waals surface area contributed by atoms with Crippen molar-refractivity contribution in [3.8, 4) is 28.7 Å². The Morgan fingerprint density at radius 2 is 1.57 bits per heavy atom. The fourth-order valence-corrected chi connectivity index (χ4v) is 7.35. The summed E-state index contributed by atoms with van der Waals surface area (Å²) >= 11 is 0. The summed E-state index contributed by atoms with van der Waals surface area (Å²) in [5.41, 5.74) is 1.65. The van der Waals surface area contributed by atoms with Crippen molar-refractivity contribution in [3.05, 3.63) is 41.0 Å². The number of rotatable bonds is 7. The number of hydrogen-bond acceptors (Lipinski definition) is 14. The molecule has 17 heteroatoms. The van der Waals surface area contributed by atoms with Gasteiger partial charge in [0, 0.05) is 11.8 Å². The molecule has 0 spiro atoms. The second-order valence-corrected chi connectivity index (χ2v) is 12.7. The third kappa shape index (κ3) is 5.37. The first-order chi connectivity index (χ1) is 22.0. The highest BCUT2D eigenvalue weighted by Crippen LogP contribution is 2.57. The number of cyclic esters (lactones) is 1. The molecule has 0 bridgehead atoms. The van der Waals surface area contributed by atoms with Gasteiger partial charge in [0.05, 0.1) is 39.5 Å². The number of phosphoric acid groups is 1. The highest BCUT2D eigenvalue weighted by atomic mass is 31.2. The van der Waals surface area contributed by atoms with Crippen molar-refractivity contribution in [1.82, 2.24) is 0 Å². The van der Waals surface area contributed by atoms with Crippen LogP contribution < -0.4 is 23.5 Å². The van der Waals surface area contributed by atoms with Crippen LogP contribution in [0.4, 0.5) is 0 Å². The summed E-state index contributed by atoms with van der Waals surface area (Å²) in [6, 6.07) is 6.47. The molecule has 6 unspecified atom stereocenters. The minimum absolute atomic E-state index is 0.0303. The number of benzene rings is 2. The van der Waals surface area contributed by atoms with Gasteiger partial charge >= 0.3 is 13.8 Å². The van der Waals surface area contributed by atoms with Gasteiger partial charge in [0.25, 0.3) is 0 Å². The minimum atomic E-state index is -5.00. The lowest BCUT2D eigenvalue weighted by Crippen LogP contribution is -2.63. The smallest absolute Gasteiger partial charge is 0.493 e. The molecule has 0 aromatic heterocycles. The van der Waals surface area contributed by atoms with E-state index in [9.17, 15) is 29.4 Å². The Hall–Kier alpha value is -3.18. The number of methoxy groups -OCH3 is 2. The van der Waals surface area contributed by atoms with Gasteiger partial charge in [-0.15, -0.1) is 0 Å². The Morgan fingerprint density at radius 1 is 0.891 bits per heavy atom. The fourth-order valence-electron chi connectivity index (χ4n) is 6.93. The molecule has 10 atom stereocenters. The zero-order valence-corrected chi connectivity index (χ0v) is 25.7. The van der Waals surface area contributed by atoms with E-state index in [-0.39, 0.29) is 37.3 Å². The molecule has 3 fully saturated rings. The molecule has 4 aliphatic heterocycles. The van der Waals surface area contributed by atoms with Crippen LogP contribution in [0.1, 0.15) is 35.6 Å². The predicted octanol–water partition coefficient (Wildman–Crippen LogP) is 1.10. The van der Waals surface area contributed by atoms with E-state index in [1.165, 1.54) is 26.4 Å². The van der Waals surface area contributed by atoms with Crippen molar-refractivity contribution in [2.24, 2.45) is 11.8 Å². The van der Waals surface area contributed by atoms with Crippen LogP contribution in [-0.4, -0.2) is 97.2 Å². The molecule has 46 heavy (non-hydrogen) atoms. The van der Waals surface area contributed by atoms with Crippen molar-refractivity contribution in [2.45, 2.75) is 55.9 Å². The third-order valence-electron chi connectivity index (χ3n) is 8.94. The highest BCUT2D eigenvalue weighted by molar-refractivity contribution is 7.46. The summed E-state index contributed by atoms with van der Waals surface area (Å²) in [5, 5.41) is 22.0. The van der Waals surface area contributed by atoms with Crippen molar-refractivity contribution < 1.29 is 76.5 Å². The number of carbonyl (C=O) groups is 1. The number of carbonyl (C=O) groups excluding carboxylic acids is 1. The van der Waals surface area contributed by atoms with Gasteiger partial charge in [-0.1, -0.05) is 0 Å². The predicted molar refractivity (Wildman–Crippen MR) is 149 cm³/mol. The van der Waals surface area contributed by atoms with Gasteiger partial charge in [0.15, 0.2) is 35.6 Å². The Balaban J connectivity index is 1.32. The van der Waals surface area contributed by atoms with Gasteiger partial charge < -0.3 is 57.4 Å². The Labute approximate surface area is 262 Å². The third-order valence-corrected chi connectivity index (χ3v) is 9.36. The lowest BCUT2D eigenvalue weighted by atomic mass is 9.66. The van der Waals surface area contributed by atoms with Gasteiger partial charge in [-0.2, -0.15) is 0 Å². The molecule has 4 heterocycles. The molecule has 1 aliphatic carbocycles. The van der Waals surface area contributed by atoms with Gasteiger partial charge in [-0.25, -0.2) is 4.57 Å². The van der Waals surface area contributed by atoms with Gasteiger partial charge in [0.1, 0.15) is 24.4 Å². The first kappa shape index (κ1) is 31.4. The number of esters is 1. The van der Waals surface area contributed by atoms with E-state index >= 15 is 0 Å². The van der Waals surface area contributed by atoms with Crippen LogP contribution >= 0.6 is 7.82 Å². The van der Waals surface area contributed by atoms with E-state index in [4.69, 9.17) is 47.2 Å². The SMILES string of the molecule is COc1cc([C@@H]2c3cc4c(cc3[C@@H](OC3OC5CO[C@@H](C)OC5C(O)C3O)[C@H]3COC(=O)C23)OCO4)cc(OC)c1OP(=O)(O)O. The van der Waals surface area contributed by atoms with Crippen LogP contribution in [-0.2, 0) is 33.0 Å². The molecule has 4 N–H and O–H groups in total. The van der Waals surface area contributed by atoms with Gasteiger partial charge in [0.2, 0.25) is 12.5 Å². The van der Waals surface area contributed by atoms with E-state index < -0.39 is 74.6 Å². The topological polar surface area (TPSA) is 207 Å². The maximum absolute atomic E-state index is 13.5. The first-order valence-corrected chi connectivity index (χ1v) is 16.1. The number of aliphatic hydroxyl groups excluding tert-OH is 2. The van der Waals surface area contributed by atoms with E-state index in [1.54, 1.807) is 19.1 Å². The molecule has 0 radical (unpaired) electrons. The molecule has 0 amide bonds. The summed E-state index contributed by atoms with van der Waals surface area (Å²) in [6.07, 6.45) is -7.18. The Bertz CT molecular complexity index is 1530. The van der Waals surface area contributed by atoms with Crippen molar-refractivity contribution in [1.29, 1.82) is 0 Å². The van der Waals surface area contributed by atoms with E-state index in [0.717, 1.165) is 0 Å². The Kier molecular flexibility index (Phi) is 8.07. The summed E-state index contributed by atoms with van der Waals surface area (Å²) in [7, 11) is -2.40. The molecule has 250 valence electrons. The fraction of sp³-hybridized carbons (Fsp3) is 0.552. The number of fused-ring (bicyclic) bond motifs is 4. The standard InChI is InChI=1S/C29H33O16P/c1-11-38-9-20-27(42-11)23(30)24(31)29(43-20)44-25-14-7-17-16(40-10-41-17)6-13(14)21(22-15(25)8-39-28(22)32)12-4-18(36-2)26(19(5-12)37-3)45-46(33,34)35/h4-7,11,15,20-25,27,29-31H,8-10H2,1-3H3,(H2,33,34,35)/t11-,15+,20?,21-,22?,23?,24?,25-,27?,29?/m1/s1. The second kappa shape index (κ2) is 11.8. The van der Waals surface area contributed by atoms with Crippen LogP contribution in [0.5, 0.6) is 28.7 Å². The van der Waals surface area contributed by atoms with Crippen molar-refractivity contribution in [2.75, 3.05) is 34.2 Å². The van der Waals surface area contributed by atoms with Crippen LogP contribution in [0, 0.1) is 11.8 Å². The molecule has 3 saturated heterocycles. The monoisotopic (exact) mass is 668 g/mol. The molecular formula is C29H33O16P. The molecule has 16 nitrogen and oxygen atoms in total. The molecular weight excluding hydrogens is 635 g/mol. The highest BCUT2D eigenvalue weighted by Gasteiger charge is 2.56. The molecule has 7 rings (SSSR count). The summed E-state index contributed by atoms with van der Waals surface area (Å²) in [5.74, 6) is -2.25. The van der Waals surface area contributed by atoms with E-state index in [2.05, 4.69) is 0 Å². The molecule has 0 saturated carbocycles. The van der Waals surface area contributed by atoms with Crippen molar-refractivity contribution >= 4 is 13.8 Å². The molecule has 2 aromatic carbocycles. The lowest BCUT2D eigenvalue weighted by molar-refractivity contribution is -0.364. The van der Waals surface area contributed by atoms with Gasteiger partial charge in [-0.05, 0) is 47.9 Å². The summed E-state index contributed by atoms with van der Waals surface area (Å²) < 4.78 is 68.1. The number of aliphatic hydroxyl groups is 2. The van der Waals surface area contributed by atoms with E-state index in [0.29, 0.717) is 28.2 Å². The minimum Gasteiger partial charge on any atom is -0.493 e. The van der Waals surface area contributed by atoms with Gasteiger partial charge in [-0.3, -0.25) is 14.6 Å². The number of hydrogen-bond donors (Lipinski definition) is 4. The molecule has 2 aromatic rings. The summed E-state index contributed by atoms with van der Waals surface area (Å²) in [4.78, 5) is 32.5. The van der Waals surface area contributed by atoms with Crippen LogP contribution in [0.2, 0.25) is 0 Å². The lowest BCUT2D eigenvalue weighted by Gasteiger charge is -2.47. The quantitative estimate of drug-likeness (QED) is 0.241. The second-order valence-electron chi connectivity index (χ2n) is 11.6. The van der Waals surface area contributed by atoms with Crippen LogP contribution in [0.15, 0.2) is 24.3 Å². The van der Waals surface area contributed by atoms with E-state index in [1.807, 2.05) is 0 Å². The normalized spacial score (nSPS) is 34.6.